The first-order chi connectivity index (χ1) is 17.1. The van der Waals surface area contributed by atoms with Crippen LogP contribution in [-0.2, 0) is 0 Å². The van der Waals surface area contributed by atoms with Gasteiger partial charge in [0.15, 0.2) is 23.1 Å². The van der Waals surface area contributed by atoms with E-state index in [0.29, 0.717) is 28.7 Å². The molecule has 0 amide bonds. The van der Waals surface area contributed by atoms with E-state index in [1.54, 1.807) is 29.7 Å². The van der Waals surface area contributed by atoms with Gasteiger partial charge in [-0.05, 0) is 42.8 Å². The van der Waals surface area contributed by atoms with Gasteiger partial charge in [0.05, 0.1) is 17.6 Å². The third-order valence-electron chi connectivity index (χ3n) is 5.64. The number of phenols is 1. The number of hydrogen-bond acceptors (Lipinski definition) is 5. The number of anilines is 1. The summed E-state index contributed by atoms with van der Waals surface area (Å²) in [4.78, 5) is 16.5. The number of Topliss-reactive ketones (excluding diaryl/α,β-unsaturated/α-hetero) is 1. The van der Waals surface area contributed by atoms with Crippen molar-refractivity contribution in [2.75, 3.05) is 11.9 Å². The minimum absolute atomic E-state index is 0.0104. The van der Waals surface area contributed by atoms with Crippen LogP contribution in [0.3, 0.4) is 0 Å². The molecule has 0 saturated heterocycles. The average Bonchev–Trinajstić information content (AvgIpc) is 3.25. The zero-order valence-electron chi connectivity index (χ0n) is 19.5. The molecule has 0 bridgehead atoms. The van der Waals surface area contributed by atoms with Gasteiger partial charge in [0, 0.05) is 36.3 Å². The molecule has 36 heavy (non-hydrogen) atoms. The fraction of sp³-hybridized carbons (Fsp3) is 0.231. The molecule has 3 aromatic carbocycles. The van der Waals surface area contributed by atoms with Crippen molar-refractivity contribution in [3.63, 3.8) is 0 Å². The molecule has 0 aliphatic carbocycles. The van der Waals surface area contributed by atoms with E-state index >= 15 is 0 Å². The monoisotopic (exact) mass is 501 g/mol. The Morgan fingerprint density at radius 3 is 2.64 bits per heavy atom. The highest BCUT2D eigenvalue weighted by molar-refractivity contribution is 5.97. The van der Waals surface area contributed by atoms with Crippen LogP contribution < -0.4 is 10.1 Å². The summed E-state index contributed by atoms with van der Waals surface area (Å²) in [5.41, 5.74) is 3.20. The van der Waals surface area contributed by atoms with Crippen molar-refractivity contribution in [1.29, 1.82) is 0 Å². The summed E-state index contributed by atoms with van der Waals surface area (Å²) >= 11 is 0. The Morgan fingerprint density at radius 1 is 1.17 bits per heavy atom. The van der Waals surface area contributed by atoms with E-state index in [9.17, 15) is 27.5 Å². The Labute approximate surface area is 204 Å². The summed E-state index contributed by atoms with van der Waals surface area (Å²) in [7, 11) is 0. The molecule has 0 spiro atoms. The molecule has 0 fully saturated rings. The molecule has 2 N–H and O–H groups in total. The molecule has 0 aliphatic rings. The second-order valence-corrected chi connectivity index (χ2v) is 8.21. The molecule has 10 heteroatoms. The number of aryl methyl sites for hydroxylation is 1. The third kappa shape index (κ3) is 5.27. The number of alkyl halides is 3. The lowest BCUT2D eigenvalue weighted by Crippen LogP contribution is -2.14. The van der Waals surface area contributed by atoms with Gasteiger partial charge >= 0.3 is 6.18 Å². The second-order valence-electron chi connectivity index (χ2n) is 8.21. The summed E-state index contributed by atoms with van der Waals surface area (Å²) in [5, 5.41) is 12.7. The van der Waals surface area contributed by atoms with E-state index in [1.165, 1.54) is 24.5 Å². The van der Waals surface area contributed by atoms with Crippen molar-refractivity contribution < 1.29 is 32.2 Å². The first-order valence-electron chi connectivity index (χ1n) is 11.2. The molecule has 0 aliphatic heterocycles. The van der Waals surface area contributed by atoms with Crippen LogP contribution in [0.4, 0.5) is 23.2 Å². The number of imidazole rings is 1. The van der Waals surface area contributed by atoms with Gasteiger partial charge in [0.2, 0.25) is 0 Å². The number of aromatic nitrogens is 2. The zero-order chi connectivity index (χ0) is 26.0. The summed E-state index contributed by atoms with van der Waals surface area (Å²) in [6, 6.07) is 12.1. The summed E-state index contributed by atoms with van der Waals surface area (Å²) in [5.74, 6) is -1.56. The van der Waals surface area contributed by atoms with Gasteiger partial charge in [0.25, 0.3) is 0 Å². The molecule has 6 nitrogen and oxygen atoms in total. The normalized spacial score (nSPS) is 11.6. The first kappa shape index (κ1) is 25.0. The van der Waals surface area contributed by atoms with Crippen molar-refractivity contribution in [2.24, 2.45) is 0 Å². The van der Waals surface area contributed by atoms with Crippen LogP contribution in [0.2, 0.25) is 0 Å². The number of fused-ring (bicyclic) bond motifs is 1. The maximum Gasteiger partial charge on any atom is 0.390 e. The number of aromatic hydroxyl groups is 1. The number of rotatable bonds is 8. The van der Waals surface area contributed by atoms with Crippen LogP contribution in [0.1, 0.15) is 35.7 Å². The Balaban J connectivity index is 1.79. The number of nitrogens with one attached hydrogen (secondary N) is 1. The van der Waals surface area contributed by atoms with Gasteiger partial charge in [0.1, 0.15) is 17.6 Å². The Bertz CT molecular complexity index is 1430. The highest BCUT2D eigenvalue weighted by Crippen LogP contribution is 2.37. The smallest absolute Gasteiger partial charge is 0.390 e. The average molecular weight is 501 g/mol. The molecular formula is C26H23F4N3O3. The van der Waals surface area contributed by atoms with E-state index in [1.807, 2.05) is 13.0 Å². The van der Waals surface area contributed by atoms with E-state index < -0.39 is 30.7 Å². The lowest BCUT2D eigenvalue weighted by atomic mass is 10.0. The SMILES string of the molecule is CCC(=O)c1ccc(-n2cnc3c(NCCC(F)(F)F)cc(Oc4cccc(F)c4O)cc32)cc1C. The predicted octanol–water partition coefficient (Wildman–Crippen LogP) is 6.93. The van der Waals surface area contributed by atoms with Gasteiger partial charge in [-0.1, -0.05) is 13.0 Å². The number of phenolic OH excluding ortho intramolecular Hbond substituents is 1. The summed E-state index contributed by atoms with van der Waals surface area (Å²) in [6.45, 7) is 3.20. The quantitative estimate of drug-likeness (QED) is 0.202. The number of halogens is 4. The van der Waals surface area contributed by atoms with Gasteiger partial charge in [-0.25, -0.2) is 9.37 Å². The summed E-state index contributed by atoms with van der Waals surface area (Å²) in [6.07, 6.45) is -3.52. The van der Waals surface area contributed by atoms with Crippen LogP contribution in [0, 0.1) is 12.7 Å². The molecule has 1 heterocycles. The fourth-order valence-electron chi connectivity index (χ4n) is 3.83. The van der Waals surface area contributed by atoms with Crippen LogP contribution in [0.5, 0.6) is 17.2 Å². The minimum Gasteiger partial charge on any atom is -0.502 e. The maximum absolute atomic E-state index is 13.8. The van der Waals surface area contributed by atoms with Gasteiger partial charge in [-0.2, -0.15) is 13.2 Å². The predicted molar refractivity (Wildman–Crippen MR) is 128 cm³/mol. The first-order valence-corrected chi connectivity index (χ1v) is 11.2. The van der Waals surface area contributed by atoms with Crippen LogP contribution in [-0.4, -0.2) is 33.2 Å². The number of nitrogens with zero attached hydrogens (tertiary/aromatic N) is 2. The van der Waals surface area contributed by atoms with E-state index in [-0.39, 0.29) is 23.0 Å². The Kier molecular flexibility index (Phi) is 6.87. The molecule has 4 aromatic rings. The number of hydrogen-bond donors (Lipinski definition) is 2. The lowest BCUT2D eigenvalue weighted by Gasteiger charge is -2.14. The molecule has 1 aromatic heterocycles. The molecule has 188 valence electrons. The van der Waals surface area contributed by atoms with Crippen LogP contribution >= 0.6 is 0 Å². The van der Waals surface area contributed by atoms with Crippen molar-refractivity contribution in [3.8, 4) is 22.9 Å². The minimum atomic E-state index is -4.35. The lowest BCUT2D eigenvalue weighted by molar-refractivity contribution is -0.131. The molecular weight excluding hydrogens is 478 g/mol. The summed E-state index contributed by atoms with van der Waals surface area (Å²) < 4.78 is 59.4. The van der Waals surface area contributed by atoms with Crippen LogP contribution in [0.25, 0.3) is 16.7 Å². The van der Waals surface area contributed by atoms with E-state index in [2.05, 4.69) is 10.3 Å². The largest absolute Gasteiger partial charge is 0.502 e. The molecule has 0 atom stereocenters. The standard InChI is InChI=1S/C26H23F4N3O3/c1-3-22(34)18-8-7-16(11-15(18)2)33-14-32-24-20(31-10-9-26(28,29)30)12-17(13-21(24)33)36-23-6-4-5-19(27)25(23)35/h4-8,11-14,31,35H,3,9-10H2,1-2H3. The fourth-order valence-corrected chi connectivity index (χ4v) is 3.83. The Morgan fingerprint density at radius 2 is 1.94 bits per heavy atom. The second kappa shape index (κ2) is 9.88. The van der Waals surface area contributed by atoms with Gasteiger partial charge < -0.3 is 15.2 Å². The number of para-hydroxylation sites is 1. The number of carbonyl (C=O) groups is 1. The number of benzene rings is 3. The van der Waals surface area contributed by atoms with Crippen molar-refractivity contribution in [3.05, 3.63) is 71.8 Å². The highest BCUT2D eigenvalue weighted by atomic mass is 19.4. The molecule has 0 radical (unpaired) electrons. The van der Waals surface area contributed by atoms with Crippen molar-refractivity contribution in [2.45, 2.75) is 32.9 Å². The zero-order valence-corrected chi connectivity index (χ0v) is 19.5. The van der Waals surface area contributed by atoms with Crippen molar-refractivity contribution in [1.82, 2.24) is 9.55 Å². The highest BCUT2D eigenvalue weighted by Gasteiger charge is 2.26. The van der Waals surface area contributed by atoms with E-state index in [4.69, 9.17) is 4.74 Å². The van der Waals surface area contributed by atoms with Crippen molar-refractivity contribution >= 4 is 22.5 Å². The number of ether oxygens (including phenoxy) is 1. The molecule has 0 saturated carbocycles. The number of carbonyl (C=O) groups excluding carboxylic acids is 1. The maximum atomic E-state index is 13.8. The third-order valence-corrected chi connectivity index (χ3v) is 5.64. The van der Waals surface area contributed by atoms with Crippen LogP contribution in [0.15, 0.2) is 54.9 Å². The van der Waals surface area contributed by atoms with Gasteiger partial charge in [-0.15, -0.1) is 0 Å². The topological polar surface area (TPSA) is 76.4 Å². The van der Waals surface area contributed by atoms with Gasteiger partial charge in [-0.3, -0.25) is 9.36 Å². The number of ketones is 1. The van der Waals surface area contributed by atoms with E-state index in [0.717, 1.165) is 11.6 Å². The molecule has 4 rings (SSSR count). The molecule has 0 unspecified atom stereocenters. The Hall–Kier alpha value is -4.08.